The summed E-state index contributed by atoms with van der Waals surface area (Å²) in [6.07, 6.45) is 3.05. The first kappa shape index (κ1) is 13.2. The average Bonchev–Trinajstić information content (AvgIpc) is 2.87. The fraction of sp³-hybridized carbons (Fsp3) is 0.231. The first-order valence-electron chi connectivity index (χ1n) is 5.76. The van der Waals surface area contributed by atoms with Crippen LogP contribution in [0.2, 0.25) is 0 Å². The lowest BCUT2D eigenvalue weighted by molar-refractivity contribution is 0.103. The zero-order valence-corrected chi connectivity index (χ0v) is 10.5. The molecule has 0 aliphatic heterocycles. The Balaban J connectivity index is 2.33. The number of hydrogen-bond acceptors (Lipinski definition) is 4. The summed E-state index contributed by atoms with van der Waals surface area (Å²) in [7, 11) is 1.35. The van der Waals surface area contributed by atoms with Crippen LogP contribution in [0.4, 0.5) is 4.39 Å². The van der Waals surface area contributed by atoms with Crippen LogP contribution in [-0.2, 0) is 6.54 Å². The van der Waals surface area contributed by atoms with Crippen LogP contribution in [0.3, 0.4) is 0 Å². The van der Waals surface area contributed by atoms with E-state index in [-0.39, 0.29) is 17.0 Å². The molecule has 0 bridgehead atoms. The molecular weight excluding hydrogens is 249 g/mol. The number of methoxy groups -OCH3 is 1. The van der Waals surface area contributed by atoms with Crippen LogP contribution in [0.1, 0.15) is 16.1 Å². The van der Waals surface area contributed by atoms with Crippen molar-refractivity contribution in [2.75, 3.05) is 13.7 Å². The van der Waals surface area contributed by atoms with Gasteiger partial charge in [-0.15, -0.1) is 0 Å². The van der Waals surface area contributed by atoms with Gasteiger partial charge in [0.1, 0.15) is 5.69 Å². The van der Waals surface area contributed by atoms with Crippen molar-refractivity contribution in [3.8, 4) is 5.75 Å². The van der Waals surface area contributed by atoms with Gasteiger partial charge in [0.2, 0.25) is 5.78 Å². The van der Waals surface area contributed by atoms with Crippen molar-refractivity contribution in [1.29, 1.82) is 0 Å². The van der Waals surface area contributed by atoms with Crippen LogP contribution in [0.25, 0.3) is 0 Å². The number of nitrogens with zero attached hydrogens (tertiary/aromatic N) is 2. The van der Waals surface area contributed by atoms with Gasteiger partial charge in [-0.1, -0.05) is 6.07 Å². The molecule has 0 fully saturated rings. The maximum atomic E-state index is 14.0. The van der Waals surface area contributed by atoms with Crippen molar-refractivity contribution >= 4 is 5.78 Å². The van der Waals surface area contributed by atoms with E-state index in [1.54, 1.807) is 16.8 Å². The van der Waals surface area contributed by atoms with Crippen LogP contribution < -0.4 is 10.5 Å². The van der Waals surface area contributed by atoms with E-state index in [1.165, 1.54) is 25.6 Å². The molecule has 0 atom stereocenters. The molecule has 0 unspecified atom stereocenters. The fourth-order valence-corrected chi connectivity index (χ4v) is 1.73. The normalized spacial score (nSPS) is 10.5. The molecular formula is C13H14FN3O2. The summed E-state index contributed by atoms with van der Waals surface area (Å²) >= 11 is 0. The minimum Gasteiger partial charge on any atom is -0.494 e. The molecule has 1 aromatic carbocycles. The zero-order chi connectivity index (χ0) is 13.8. The average molecular weight is 263 g/mol. The number of imidazole rings is 1. The van der Waals surface area contributed by atoms with Gasteiger partial charge in [0.05, 0.1) is 19.0 Å². The second kappa shape index (κ2) is 5.62. The van der Waals surface area contributed by atoms with Crippen LogP contribution >= 0.6 is 0 Å². The second-order valence-electron chi connectivity index (χ2n) is 3.94. The molecule has 19 heavy (non-hydrogen) atoms. The summed E-state index contributed by atoms with van der Waals surface area (Å²) in [6.45, 7) is 0.998. The van der Waals surface area contributed by atoms with Gasteiger partial charge in [-0.2, -0.15) is 0 Å². The first-order valence-corrected chi connectivity index (χ1v) is 5.76. The molecule has 100 valence electrons. The summed E-state index contributed by atoms with van der Waals surface area (Å²) in [6, 6.07) is 4.42. The number of rotatable bonds is 5. The van der Waals surface area contributed by atoms with Gasteiger partial charge in [-0.3, -0.25) is 4.79 Å². The van der Waals surface area contributed by atoms with Crippen LogP contribution in [0.15, 0.2) is 30.7 Å². The van der Waals surface area contributed by atoms with Crippen LogP contribution in [0, 0.1) is 5.82 Å². The van der Waals surface area contributed by atoms with E-state index < -0.39 is 11.6 Å². The largest absolute Gasteiger partial charge is 0.494 e. The quantitative estimate of drug-likeness (QED) is 0.823. The minimum absolute atomic E-state index is 0.0345. The molecule has 0 aliphatic rings. The van der Waals surface area contributed by atoms with Crippen LogP contribution in [-0.4, -0.2) is 29.0 Å². The maximum Gasteiger partial charge on any atom is 0.216 e. The number of aromatic nitrogens is 2. The van der Waals surface area contributed by atoms with Crippen molar-refractivity contribution in [3.63, 3.8) is 0 Å². The number of nitrogens with two attached hydrogens (primary N) is 1. The summed E-state index contributed by atoms with van der Waals surface area (Å²) in [5, 5.41) is 0. The van der Waals surface area contributed by atoms with E-state index in [0.29, 0.717) is 13.1 Å². The predicted molar refractivity (Wildman–Crippen MR) is 67.7 cm³/mol. The van der Waals surface area contributed by atoms with Gasteiger partial charge in [0.25, 0.3) is 0 Å². The second-order valence-corrected chi connectivity index (χ2v) is 3.94. The molecule has 0 aliphatic carbocycles. The summed E-state index contributed by atoms with van der Waals surface area (Å²) in [5.41, 5.74) is 5.53. The van der Waals surface area contributed by atoms with Crippen molar-refractivity contribution in [2.24, 2.45) is 5.73 Å². The van der Waals surface area contributed by atoms with Gasteiger partial charge in [-0.05, 0) is 12.1 Å². The Kier molecular flexibility index (Phi) is 3.91. The topological polar surface area (TPSA) is 70.1 Å². The summed E-state index contributed by atoms with van der Waals surface area (Å²) < 4.78 is 20.5. The SMILES string of the molecule is COc1cccc(C(=O)c2cn(CCN)cn2)c1F. The number of benzene rings is 1. The van der Waals surface area contributed by atoms with E-state index in [9.17, 15) is 9.18 Å². The van der Waals surface area contributed by atoms with Gasteiger partial charge in [0, 0.05) is 19.3 Å². The third-order valence-corrected chi connectivity index (χ3v) is 2.68. The first-order chi connectivity index (χ1) is 9.17. The number of hydrogen-bond donors (Lipinski definition) is 1. The smallest absolute Gasteiger partial charge is 0.216 e. The lowest BCUT2D eigenvalue weighted by atomic mass is 10.1. The lowest BCUT2D eigenvalue weighted by Gasteiger charge is -2.05. The number of carbonyl (C=O) groups excluding carboxylic acids is 1. The van der Waals surface area contributed by atoms with E-state index in [4.69, 9.17) is 10.5 Å². The van der Waals surface area contributed by atoms with Gasteiger partial charge in [0.15, 0.2) is 11.6 Å². The lowest BCUT2D eigenvalue weighted by Crippen LogP contribution is -2.08. The Labute approximate surface area is 109 Å². The molecule has 2 aromatic rings. The number of halogens is 1. The highest BCUT2D eigenvalue weighted by atomic mass is 19.1. The third-order valence-electron chi connectivity index (χ3n) is 2.68. The highest BCUT2D eigenvalue weighted by Crippen LogP contribution is 2.21. The minimum atomic E-state index is -0.677. The third kappa shape index (κ3) is 2.63. The molecule has 0 radical (unpaired) electrons. The Morgan fingerprint density at radius 2 is 2.32 bits per heavy atom. The molecule has 0 saturated heterocycles. The predicted octanol–water partition coefficient (Wildman–Crippen LogP) is 1.22. The van der Waals surface area contributed by atoms with Crippen molar-refractivity contribution in [1.82, 2.24) is 9.55 Å². The van der Waals surface area contributed by atoms with Gasteiger partial charge < -0.3 is 15.0 Å². The standard InChI is InChI=1S/C13H14FN3O2/c1-19-11-4-2-3-9(12(11)14)13(18)10-7-17(6-5-15)8-16-10/h2-4,7-8H,5-6,15H2,1H3. The molecule has 1 aromatic heterocycles. The number of ketones is 1. The summed E-state index contributed by atoms with van der Waals surface area (Å²) in [4.78, 5) is 16.1. The summed E-state index contributed by atoms with van der Waals surface area (Å²) in [5.74, 6) is -1.12. The molecule has 5 nitrogen and oxygen atoms in total. The number of ether oxygens (including phenoxy) is 1. The number of carbonyl (C=O) groups is 1. The highest BCUT2D eigenvalue weighted by molar-refractivity contribution is 6.08. The van der Waals surface area contributed by atoms with Crippen molar-refractivity contribution in [2.45, 2.75) is 6.54 Å². The molecule has 2 rings (SSSR count). The molecule has 1 heterocycles. The van der Waals surface area contributed by atoms with E-state index in [2.05, 4.69) is 4.98 Å². The molecule has 0 spiro atoms. The molecule has 6 heteroatoms. The molecule has 0 saturated carbocycles. The monoisotopic (exact) mass is 263 g/mol. The van der Waals surface area contributed by atoms with Gasteiger partial charge in [-0.25, -0.2) is 9.37 Å². The maximum absolute atomic E-state index is 14.0. The van der Waals surface area contributed by atoms with Gasteiger partial charge >= 0.3 is 0 Å². The van der Waals surface area contributed by atoms with Crippen molar-refractivity contribution in [3.05, 3.63) is 47.8 Å². The Bertz CT molecular complexity index is 595. The Morgan fingerprint density at radius 1 is 1.53 bits per heavy atom. The highest BCUT2D eigenvalue weighted by Gasteiger charge is 2.19. The van der Waals surface area contributed by atoms with E-state index in [1.807, 2.05) is 0 Å². The molecule has 0 amide bonds. The van der Waals surface area contributed by atoms with E-state index >= 15 is 0 Å². The Morgan fingerprint density at radius 3 is 3.00 bits per heavy atom. The molecule has 2 N–H and O–H groups in total. The zero-order valence-electron chi connectivity index (χ0n) is 10.5. The van der Waals surface area contributed by atoms with Crippen molar-refractivity contribution < 1.29 is 13.9 Å². The van der Waals surface area contributed by atoms with E-state index in [0.717, 1.165) is 0 Å². The van der Waals surface area contributed by atoms with Crippen LogP contribution in [0.5, 0.6) is 5.75 Å². The Hall–Kier alpha value is -2.21. The fourth-order valence-electron chi connectivity index (χ4n) is 1.73.